The molecule has 1 aromatic carbocycles. The van der Waals surface area contributed by atoms with Gasteiger partial charge in [-0.25, -0.2) is 4.39 Å². The number of amides is 2. The van der Waals surface area contributed by atoms with Crippen molar-refractivity contribution >= 4 is 28.8 Å². The van der Waals surface area contributed by atoms with Gasteiger partial charge in [-0.15, -0.1) is 21.5 Å². The number of tetrazole rings is 1. The van der Waals surface area contributed by atoms with Gasteiger partial charge in [-0.2, -0.15) is 4.80 Å². The maximum atomic E-state index is 13.7. The Bertz CT molecular complexity index is 1310. The van der Waals surface area contributed by atoms with Gasteiger partial charge in [0.1, 0.15) is 24.2 Å². The van der Waals surface area contributed by atoms with Gasteiger partial charge >= 0.3 is 0 Å². The molecule has 11 heteroatoms. The second-order valence-corrected chi connectivity index (χ2v) is 9.93. The molecule has 0 spiro atoms. The zero-order valence-electron chi connectivity index (χ0n) is 19.7. The Balaban J connectivity index is 1.70. The molecule has 0 aliphatic carbocycles. The molecule has 9 nitrogen and oxygen atoms in total. The molecule has 0 fully saturated rings. The molecule has 0 saturated heterocycles. The summed E-state index contributed by atoms with van der Waals surface area (Å²) in [4.78, 5) is 30.2. The van der Waals surface area contributed by atoms with Crippen LogP contribution in [-0.2, 0) is 16.1 Å². The number of carbonyl (C=O) groups excluding carboxylic acids is 2. The second-order valence-electron chi connectivity index (χ2n) is 8.95. The van der Waals surface area contributed by atoms with E-state index in [1.165, 1.54) is 40.5 Å². The average molecular weight is 497 g/mol. The summed E-state index contributed by atoms with van der Waals surface area (Å²) in [5.41, 5.74) is -0.172. The molecule has 0 aliphatic rings. The van der Waals surface area contributed by atoms with E-state index in [0.29, 0.717) is 22.1 Å². The van der Waals surface area contributed by atoms with Gasteiger partial charge in [0.05, 0.1) is 0 Å². The Kier molecular flexibility index (Phi) is 6.79. The van der Waals surface area contributed by atoms with E-state index < -0.39 is 23.3 Å². The zero-order chi connectivity index (χ0) is 25.2. The molecule has 0 radical (unpaired) electrons. The molecular weight excluding hydrogens is 471 g/mol. The number of anilines is 1. The van der Waals surface area contributed by atoms with Crippen molar-refractivity contribution in [3.63, 3.8) is 0 Å². The van der Waals surface area contributed by atoms with Gasteiger partial charge in [-0.05, 0) is 80.8 Å². The van der Waals surface area contributed by atoms with Gasteiger partial charge < -0.3 is 9.73 Å². The third kappa shape index (κ3) is 5.80. The fraction of sp³-hybridized carbons (Fsp3) is 0.292. The van der Waals surface area contributed by atoms with E-state index in [-0.39, 0.29) is 18.3 Å². The van der Waals surface area contributed by atoms with E-state index in [0.717, 1.165) is 4.80 Å². The first-order valence-corrected chi connectivity index (χ1v) is 11.8. The van der Waals surface area contributed by atoms with E-state index in [1.807, 2.05) is 26.2 Å². The summed E-state index contributed by atoms with van der Waals surface area (Å²) in [5, 5.41) is 17.0. The lowest BCUT2D eigenvalue weighted by molar-refractivity contribution is -0.128. The number of thiophene rings is 1. The summed E-state index contributed by atoms with van der Waals surface area (Å²) in [5.74, 6) is 0.0644. The fourth-order valence-electron chi connectivity index (χ4n) is 3.46. The average Bonchev–Trinajstić information content (AvgIpc) is 3.53. The van der Waals surface area contributed by atoms with Crippen molar-refractivity contribution in [3.05, 3.63) is 70.4 Å². The first-order chi connectivity index (χ1) is 16.6. The normalized spacial score (nSPS) is 12.4. The van der Waals surface area contributed by atoms with Crippen molar-refractivity contribution in [1.29, 1.82) is 0 Å². The molecule has 4 aromatic rings. The van der Waals surface area contributed by atoms with Crippen LogP contribution in [0.1, 0.15) is 37.5 Å². The Morgan fingerprint density at radius 3 is 2.51 bits per heavy atom. The van der Waals surface area contributed by atoms with Crippen LogP contribution in [0.15, 0.2) is 58.3 Å². The van der Waals surface area contributed by atoms with Crippen molar-refractivity contribution in [2.45, 2.75) is 45.8 Å². The van der Waals surface area contributed by atoms with Crippen LogP contribution >= 0.6 is 11.3 Å². The molecule has 2 amide bonds. The predicted octanol–water partition coefficient (Wildman–Crippen LogP) is 4.13. The molecule has 0 bridgehead atoms. The lowest BCUT2D eigenvalue weighted by Crippen LogP contribution is -2.50. The van der Waals surface area contributed by atoms with Crippen molar-refractivity contribution in [2.75, 3.05) is 4.90 Å². The van der Waals surface area contributed by atoms with Crippen LogP contribution < -0.4 is 10.2 Å². The van der Waals surface area contributed by atoms with Crippen LogP contribution in [0.4, 0.5) is 10.1 Å². The van der Waals surface area contributed by atoms with Crippen molar-refractivity contribution in [1.82, 2.24) is 25.5 Å². The smallest absolute Gasteiger partial charge is 0.251 e. The standard InChI is InChI=1S/C24H25FN6O3S/c1-15-7-12-18(34-15)22-27-29-30(28-22)14-20(32)31(17-10-8-16(25)9-11-17)21(19-6-5-13-35-19)23(33)26-24(2,3)4/h5-13,21H,14H2,1-4H3,(H,26,33). The second kappa shape index (κ2) is 9.79. The third-order valence-corrected chi connectivity index (χ3v) is 5.81. The molecule has 182 valence electrons. The predicted molar refractivity (Wildman–Crippen MR) is 129 cm³/mol. The highest BCUT2D eigenvalue weighted by molar-refractivity contribution is 7.10. The van der Waals surface area contributed by atoms with Crippen LogP contribution in [0.3, 0.4) is 0 Å². The monoisotopic (exact) mass is 496 g/mol. The minimum Gasteiger partial charge on any atom is -0.458 e. The first-order valence-electron chi connectivity index (χ1n) is 10.9. The summed E-state index contributed by atoms with van der Waals surface area (Å²) >= 11 is 1.35. The molecule has 3 aromatic heterocycles. The number of nitrogens with one attached hydrogen (secondary N) is 1. The summed E-state index contributed by atoms with van der Waals surface area (Å²) in [6, 6.07) is 11.5. The summed E-state index contributed by atoms with van der Waals surface area (Å²) in [7, 11) is 0. The minimum absolute atomic E-state index is 0.236. The number of rotatable bonds is 7. The fourth-order valence-corrected chi connectivity index (χ4v) is 4.27. The number of carbonyl (C=O) groups is 2. The van der Waals surface area contributed by atoms with Gasteiger partial charge in [-0.1, -0.05) is 6.07 Å². The number of halogens is 1. The Morgan fingerprint density at radius 2 is 1.91 bits per heavy atom. The first kappa shape index (κ1) is 24.3. The van der Waals surface area contributed by atoms with Gasteiger partial charge in [0, 0.05) is 16.1 Å². The van der Waals surface area contributed by atoms with Crippen LogP contribution in [0, 0.1) is 12.7 Å². The Morgan fingerprint density at radius 1 is 1.17 bits per heavy atom. The van der Waals surface area contributed by atoms with Crippen LogP contribution in [0.5, 0.6) is 0 Å². The number of aryl methyl sites for hydroxylation is 1. The highest BCUT2D eigenvalue weighted by Crippen LogP contribution is 2.31. The van der Waals surface area contributed by atoms with Crippen molar-refractivity contribution in [2.24, 2.45) is 0 Å². The van der Waals surface area contributed by atoms with Gasteiger partial charge in [0.25, 0.3) is 5.91 Å². The van der Waals surface area contributed by atoms with Crippen LogP contribution in [0.25, 0.3) is 11.6 Å². The van der Waals surface area contributed by atoms with E-state index >= 15 is 0 Å². The highest BCUT2D eigenvalue weighted by Gasteiger charge is 2.35. The molecule has 4 rings (SSSR count). The molecule has 35 heavy (non-hydrogen) atoms. The number of hydrogen-bond acceptors (Lipinski definition) is 7. The highest BCUT2D eigenvalue weighted by atomic mass is 32.1. The summed E-state index contributed by atoms with van der Waals surface area (Å²) in [6.07, 6.45) is 0. The Labute approximate surface area is 205 Å². The summed E-state index contributed by atoms with van der Waals surface area (Å²) in [6.45, 7) is 7.08. The third-order valence-electron chi connectivity index (χ3n) is 4.88. The van der Waals surface area contributed by atoms with E-state index in [4.69, 9.17) is 4.42 Å². The van der Waals surface area contributed by atoms with Gasteiger partial charge in [0.15, 0.2) is 5.76 Å². The number of nitrogens with zero attached hydrogens (tertiary/aromatic N) is 5. The SMILES string of the molecule is Cc1ccc(-c2nnn(CC(=O)N(c3ccc(F)cc3)C(C(=O)NC(C)(C)C)c3cccs3)n2)o1. The largest absolute Gasteiger partial charge is 0.458 e. The maximum absolute atomic E-state index is 13.7. The van der Waals surface area contributed by atoms with Crippen LogP contribution in [-0.4, -0.2) is 37.6 Å². The molecule has 0 saturated carbocycles. The maximum Gasteiger partial charge on any atom is 0.251 e. The van der Waals surface area contributed by atoms with Crippen molar-refractivity contribution in [3.8, 4) is 11.6 Å². The van der Waals surface area contributed by atoms with Crippen molar-refractivity contribution < 1.29 is 18.4 Å². The lowest BCUT2D eigenvalue weighted by Gasteiger charge is -2.33. The van der Waals surface area contributed by atoms with Gasteiger partial charge in [0.2, 0.25) is 11.7 Å². The number of furan rings is 1. The Hall–Kier alpha value is -3.86. The quantitative estimate of drug-likeness (QED) is 0.412. The zero-order valence-corrected chi connectivity index (χ0v) is 20.5. The molecule has 1 N–H and O–H groups in total. The van der Waals surface area contributed by atoms with E-state index in [9.17, 15) is 14.0 Å². The van der Waals surface area contributed by atoms with Gasteiger partial charge in [-0.3, -0.25) is 14.5 Å². The molecule has 3 heterocycles. The summed E-state index contributed by atoms with van der Waals surface area (Å²) < 4.78 is 19.2. The molecular formula is C24H25FN6O3S. The lowest BCUT2D eigenvalue weighted by atomic mass is 10.1. The topological polar surface area (TPSA) is 106 Å². The minimum atomic E-state index is -0.983. The van der Waals surface area contributed by atoms with Crippen LogP contribution in [0.2, 0.25) is 0 Å². The van der Waals surface area contributed by atoms with E-state index in [1.54, 1.807) is 31.2 Å². The number of benzene rings is 1. The van der Waals surface area contributed by atoms with E-state index in [2.05, 4.69) is 20.7 Å². The molecule has 1 unspecified atom stereocenters. The number of hydrogen-bond donors (Lipinski definition) is 1. The molecule has 0 aliphatic heterocycles. The number of aromatic nitrogens is 4. The molecule has 1 atom stereocenters.